The largest absolute Gasteiger partial charge is 0.469 e. The molecular formula is C23H46N4O4. The van der Waals surface area contributed by atoms with Gasteiger partial charge in [0, 0.05) is 64.8 Å². The SMILES string of the molecule is COC(=O)CC[C@H](N1CCNCCN(CC(=O)OC(C)(C)C)CCNCC1)C(C)(C)C. The number of rotatable bonds is 6. The number of ether oxygens (including phenoxy) is 2. The van der Waals surface area contributed by atoms with Gasteiger partial charge >= 0.3 is 11.9 Å². The monoisotopic (exact) mass is 442 g/mol. The van der Waals surface area contributed by atoms with Crippen molar-refractivity contribution in [2.75, 3.05) is 66.0 Å². The zero-order chi connectivity index (χ0) is 23.5. The van der Waals surface area contributed by atoms with Crippen molar-refractivity contribution >= 4 is 11.9 Å². The van der Waals surface area contributed by atoms with Crippen LogP contribution in [0.15, 0.2) is 0 Å². The molecule has 0 aliphatic carbocycles. The van der Waals surface area contributed by atoms with Gasteiger partial charge in [0.05, 0.1) is 13.7 Å². The molecule has 31 heavy (non-hydrogen) atoms. The minimum Gasteiger partial charge on any atom is -0.469 e. The first-order chi connectivity index (χ1) is 14.4. The molecule has 0 saturated carbocycles. The van der Waals surface area contributed by atoms with Crippen molar-refractivity contribution in [1.29, 1.82) is 0 Å². The summed E-state index contributed by atoms with van der Waals surface area (Å²) < 4.78 is 10.3. The minimum absolute atomic E-state index is 0.0648. The second-order valence-corrected chi connectivity index (χ2v) is 10.4. The lowest BCUT2D eigenvalue weighted by Gasteiger charge is -2.41. The maximum Gasteiger partial charge on any atom is 0.320 e. The summed E-state index contributed by atoms with van der Waals surface area (Å²) in [5, 5.41) is 7.04. The van der Waals surface area contributed by atoms with E-state index in [1.165, 1.54) is 7.11 Å². The molecule has 1 fully saturated rings. The Morgan fingerprint density at radius 3 is 1.84 bits per heavy atom. The van der Waals surface area contributed by atoms with Gasteiger partial charge in [0.1, 0.15) is 5.60 Å². The highest BCUT2D eigenvalue weighted by Gasteiger charge is 2.30. The molecule has 1 rings (SSSR count). The smallest absolute Gasteiger partial charge is 0.320 e. The van der Waals surface area contributed by atoms with E-state index in [-0.39, 0.29) is 17.4 Å². The predicted molar refractivity (Wildman–Crippen MR) is 124 cm³/mol. The second kappa shape index (κ2) is 13.4. The van der Waals surface area contributed by atoms with E-state index >= 15 is 0 Å². The van der Waals surface area contributed by atoms with Crippen LogP contribution in [-0.2, 0) is 19.1 Å². The lowest BCUT2D eigenvalue weighted by atomic mass is 9.82. The van der Waals surface area contributed by atoms with Crippen molar-refractivity contribution in [3.63, 3.8) is 0 Å². The van der Waals surface area contributed by atoms with Crippen LogP contribution in [0.3, 0.4) is 0 Å². The molecule has 1 aliphatic heterocycles. The molecule has 1 heterocycles. The molecule has 2 N–H and O–H groups in total. The Hall–Kier alpha value is -1.22. The molecule has 0 spiro atoms. The number of nitrogens with zero attached hydrogens (tertiary/aromatic N) is 2. The number of carbonyl (C=O) groups excluding carboxylic acids is 2. The molecule has 0 aromatic heterocycles. The first-order valence-corrected chi connectivity index (χ1v) is 11.6. The van der Waals surface area contributed by atoms with E-state index in [0.29, 0.717) is 19.0 Å². The lowest BCUT2D eigenvalue weighted by molar-refractivity contribution is -0.156. The zero-order valence-corrected chi connectivity index (χ0v) is 20.9. The van der Waals surface area contributed by atoms with Gasteiger partial charge < -0.3 is 20.1 Å². The molecule has 0 unspecified atom stereocenters. The van der Waals surface area contributed by atoms with Gasteiger partial charge in [-0.05, 0) is 32.6 Å². The Labute approximate surface area is 189 Å². The molecule has 0 amide bonds. The van der Waals surface area contributed by atoms with Gasteiger partial charge in [0.15, 0.2) is 0 Å². The van der Waals surface area contributed by atoms with Crippen molar-refractivity contribution in [1.82, 2.24) is 20.4 Å². The van der Waals surface area contributed by atoms with Crippen LogP contribution in [0.2, 0.25) is 0 Å². The number of carbonyl (C=O) groups is 2. The zero-order valence-electron chi connectivity index (χ0n) is 20.9. The summed E-state index contributed by atoms with van der Waals surface area (Å²) >= 11 is 0. The molecule has 0 bridgehead atoms. The predicted octanol–water partition coefficient (Wildman–Crippen LogP) is 1.49. The van der Waals surface area contributed by atoms with Gasteiger partial charge in [0.2, 0.25) is 0 Å². The van der Waals surface area contributed by atoms with Crippen LogP contribution in [0.5, 0.6) is 0 Å². The van der Waals surface area contributed by atoms with Crippen LogP contribution in [0.4, 0.5) is 0 Å². The molecule has 1 aliphatic rings. The van der Waals surface area contributed by atoms with Gasteiger partial charge in [-0.2, -0.15) is 0 Å². The molecule has 8 heteroatoms. The molecule has 182 valence electrons. The standard InChI is InChI=1S/C23H46N4O4/c1-22(2,3)19(8-9-20(28)30-7)27-16-12-24-10-14-26(15-11-25-13-17-27)18-21(29)31-23(4,5)6/h19,24-25H,8-18H2,1-7H3/t19-/m0/s1. The molecule has 0 aromatic rings. The van der Waals surface area contributed by atoms with Gasteiger partial charge in [-0.25, -0.2) is 0 Å². The maximum atomic E-state index is 12.2. The fourth-order valence-corrected chi connectivity index (χ4v) is 3.94. The van der Waals surface area contributed by atoms with E-state index in [1.54, 1.807) is 0 Å². The highest BCUT2D eigenvalue weighted by Crippen LogP contribution is 2.28. The van der Waals surface area contributed by atoms with Crippen LogP contribution in [0.1, 0.15) is 54.4 Å². The van der Waals surface area contributed by atoms with Gasteiger partial charge in [-0.1, -0.05) is 20.8 Å². The quantitative estimate of drug-likeness (QED) is 0.599. The second-order valence-electron chi connectivity index (χ2n) is 10.4. The van der Waals surface area contributed by atoms with Crippen LogP contribution in [0, 0.1) is 5.41 Å². The molecule has 0 aromatic carbocycles. The highest BCUT2D eigenvalue weighted by atomic mass is 16.6. The number of nitrogens with one attached hydrogen (secondary N) is 2. The van der Waals surface area contributed by atoms with Crippen LogP contribution >= 0.6 is 0 Å². The van der Waals surface area contributed by atoms with Gasteiger partial charge in [0.25, 0.3) is 0 Å². The summed E-state index contributed by atoms with van der Waals surface area (Å²) in [5.41, 5.74) is -0.393. The summed E-state index contributed by atoms with van der Waals surface area (Å²) in [6.45, 7) is 19.5. The summed E-state index contributed by atoms with van der Waals surface area (Å²) in [5.74, 6) is -0.325. The normalized spacial score (nSPS) is 19.7. The fourth-order valence-electron chi connectivity index (χ4n) is 3.94. The fraction of sp³-hybridized carbons (Fsp3) is 0.913. The Morgan fingerprint density at radius 1 is 0.871 bits per heavy atom. The van der Waals surface area contributed by atoms with Crippen molar-refractivity contribution in [2.24, 2.45) is 5.41 Å². The first kappa shape index (κ1) is 27.8. The van der Waals surface area contributed by atoms with E-state index in [1.807, 2.05) is 20.8 Å². The van der Waals surface area contributed by atoms with E-state index < -0.39 is 5.60 Å². The van der Waals surface area contributed by atoms with Gasteiger partial charge in [-0.3, -0.25) is 19.4 Å². The lowest BCUT2D eigenvalue weighted by Crippen LogP contribution is -2.50. The molecule has 0 radical (unpaired) electrons. The van der Waals surface area contributed by atoms with Crippen molar-refractivity contribution < 1.29 is 19.1 Å². The van der Waals surface area contributed by atoms with E-state index in [4.69, 9.17) is 9.47 Å². The summed E-state index contributed by atoms with van der Waals surface area (Å²) in [6, 6.07) is 0.293. The molecular weight excluding hydrogens is 396 g/mol. The minimum atomic E-state index is -0.457. The summed E-state index contributed by atoms with van der Waals surface area (Å²) in [6.07, 6.45) is 1.23. The van der Waals surface area contributed by atoms with E-state index in [9.17, 15) is 9.59 Å². The molecule has 1 atom stereocenters. The van der Waals surface area contributed by atoms with E-state index in [0.717, 1.165) is 58.8 Å². The van der Waals surface area contributed by atoms with E-state index in [2.05, 4.69) is 41.2 Å². The third kappa shape index (κ3) is 12.4. The average Bonchev–Trinajstić information content (AvgIpc) is 2.62. The number of methoxy groups -OCH3 is 1. The van der Waals surface area contributed by atoms with Crippen molar-refractivity contribution in [3.8, 4) is 0 Å². The van der Waals surface area contributed by atoms with Crippen LogP contribution < -0.4 is 10.6 Å². The maximum absolute atomic E-state index is 12.2. The number of esters is 2. The number of hydrogen-bond acceptors (Lipinski definition) is 8. The van der Waals surface area contributed by atoms with Crippen LogP contribution in [-0.4, -0.2) is 99.4 Å². The summed E-state index contributed by atoms with van der Waals surface area (Å²) in [4.78, 5) is 28.5. The van der Waals surface area contributed by atoms with Gasteiger partial charge in [-0.15, -0.1) is 0 Å². The van der Waals surface area contributed by atoms with Crippen LogP contribution in [0.25, 0.3) is 0 Å². The Bertz CT molecular complexity index is 529. The Balaban J connectivity index is 2.63. The average molecular weight is 443 g/mol. The topological polar surface area (TPSA) is 83.1 Å². The summed E-state index contributed by atoms with van der Waals surface area (Å²) in [7, 11) is 1.45. The number of hydrogen-bond donors (Lipinski definition) is 2. The first-order valence-electron chi connectivity index (χ1n) is 11.6. The molecule has 8 nitrogen and oxygen atoms in total. The third-order valence-corrected chi connectivity index (χ3v) is 5.42. The Kier molecular flexibility index (Phi) is 12.0. The molecule has 1 saturated heterocycles. The highest BCUT2D eigenvalue weighted by molar-refractivity contribution is 5.72. The third-order valence-electron chi connectivity index (χ3n) is 5.42. The van der Waals surface area contributed by atoms with Crippen molar-refractivity contribution in [3.05, 3.63) is 0 Å². The Morgan fingerprint density at radius 2 is 1.39 bits per heavy atom. The van der Waals surface area contributed by atoms with Crippen molar-refractivity contribution in [2.45, 2.75) is 66.0 Å².